The molecule has 0 atom stereocenters. The van der Waals surface area contributed by atoms with Crippen molar-refractivity contribution >= 4 is 22.7 Å². The van der Waals surface area contributed by atoms with E-state index in [2.05, 4.69) is 80.5 Å². The first-order valence-corrected chi connectivity index (χ1v) is 7.70. The number of para-hydroxylation sites is 1. The molecule has 0 amide bonds. The minimum Gasteiger partial charge on any atom is -0.360 e. The highest BCUT2D eigenvalue weighted by Crippen LogP contribution is 2.34. The summed E-state index contributed by atoms with van der Waals surface area (Å²) in [5, 5.41) is 1.29. The van der Waals surface area contributed by atoms with Gasteiger partial charge in [-0.3, -0.25) is 0 Å². The van der Waals surface area contributed by atoms with Crippen molar-refractivity contribution in [1.29, 1.82) is 0 Å². The summed E-state index contributed by atoms with van der Waals surface area (Å²) in [6, 6.07) is 17.3. The first-order valence-electron chi connectivity index (χ1n) is 6.88. The van der Waals surface area contributed by atoms with Crippen LogP contribution in [0.25, 0.3) is 10.9 Å². The van der Waals surface area contributed by atoms with Gasteiger partial charge in [-0.05, 0) is 29.2 Å². The Labute approximate surface area is 124 Å². The van der Waals surface area contributed by atoms with E-state index in [1.807, 2.05) is 11.8 Å². The molecule has 1 nitrogen and oxygen atoms in total. The molecule has 2 aromatic carbocycles. The number of aromatic nitrogens is 1. The molecule has 0 radical (unpaired) electrons. The zero-order valence-corrected chi connectivity index (χ0v) is 12.9. The quantitative estimate of drug-likeness (QED) is 0.645. The van der Waals surface area contributed by atoms with E-state index in [9.17, 15) is 0 Å². The Morgan fingerprint density at radius 1 is 0.900 bits per heavy atom. The Kier molecular flexibility index (Phi) is 3.35. The van der Waals surface area contributed by atoms with Crippen molar-refractivity contribution in [3.63, 3.8) is 0 Å². The van der Waals surface area contributed by atoms with Gasteiger partial charge in [0.25, 0.3) is 0 Å². The highest BCUT2D eigenvalue weighted by atomic mass is 32.2. The van der Waals surface area contributed by atoms with Crippen LogP contribution in [-0.4, -0.2) is 4.98 Å². The Morgan fingerprint density at radius 2 is 1.60 bits per heavy atom. The third-order valence-electron chi connectivity index (χ3n) is 3.50. The number of H-pyrrole nitrogens is 1. The SMILES string of the molecule is CC(C)(C)c1ccc(Sc2c[nH]c3ccccc23)cc1. The Hall–Kier alpha value is -1.67. The van der Waals surface area contributed by atoms with Crippen LogP contribution in [-0.2, 0) is 5.41 Å². The van der Waals surface area contributed by atoms with Gasteiger partial charge in [0.15, 0.2) is 0 Å². The molecule has 0 bridgehead atoms. The molecule has 1 aromatic heterocycles. The van der Waals surface area contributed by atoms with Crippen LogP contribution in [0.15, 0.2) is 64.5 Å². The largest absolute Gasteiger partial charge is 0.360 e. The zero-order valence-electron chi connectivity index (χ0n) is 12.1. The number of benzene rings is 2. The zero-order chi connectivity index (χ0) is 14.2. The van der Waals surface area contributed by atoms with Crippen LogP contribution in [0.2, 0.25) is 0 Å². The van der Waals surface area contributed by atoms with Gasteiger partial charge in [0.2, 0.25) is 0 Å². The predicted octanol–water partition coefficient (Wildman–Crippen LogP) is 5.62. The first kappa shape index (κ1) is 13.3. The van der Waals surface area contributed by atoms with Crippen molar-refractivity contribution in [2.24, 2.45) is 0 Å². The number of hydrogen-bond acceptors (Lipinski definition) is 1. The smallest absolute Gasteiger partial charge is 0.0465 e. The van der Waals surface area contributed by atoms with Gasteiger partial charge in [0, 0.05) is 26.9 Å². The average Bonchev–Trinajstić information content (AvgIpc) is 2.82. The molecule has 0 unspecified atom stereocenters. The molecule has 20 heavy (non-hydrogen) atoms. The third kappa shape index (κ3) is 2.61. The molecule has 1 heterocycles. The minimum absolute atomic E-state index is 0.212. The summed E-state index contributed by atoms with van der Waals surface area (Å²) in [7, 11) is 0. The second-order valence-electron chi connectivity index (χ2n) is 6.07. The monoisotopic (exact) mass is 281 g/mol. The van der Waals surface area contributed by atoms with Crippen molar-refractivity contribution in [2.45, 2.75) is 36.0 Å². The molecule has 0 saturated carbocycles. The second kappa shape index (κ2) is 5.02. The fraction of sp³-hybridized carbons (Fsp3) is 0.222. The molecule has 0 aliphatic carbocycles. The van der Waals surface area contributed by atoms with Crippen molar-refractivity contribution in [1.82, 2.24) is 4.98 Å². The summed E-state index contributed by atoms with van der Waals surface area (Å²) < 4.78 is 0. The Morgan fingerprint density at radius 3 is 2.30 bits per heavy atom. The van der Waals surface area contributed by atoms with Crippen LogP contribution in [0.4, 0.5) is 0 Å². The highest BCUT2D eigenvalue weighted by Gasteiger charge is 2.13. The van der Waals surface area contributed by atoms with Crippen molar-refractivity contribution in [2.75, 3.05) is 0 Å². The molecule has 1 N–H and O–H groups in total. The van der Waals surface area contributed by atoms with E-state index in [1.54, 1.807) is 0 Å². The van der Waals surface area contributed by atoms with Crippen LogP contribution < -0.4 is 0 Å². The summed E-state index contributed by atoms with van der Waals surface area (Å²) in [6.45, 7) is 6.73. The van der Waals surface area contributed by atoms with Gasteiger partial charge in [-0.1, -0.05) is 62.9 Å². The Balaban J connectivity index is 1.88. The molecule has 3 rings (SSSR count). The lowest BCUT2D eigenvalue weighted by Crippen LogP contribution is -2.10. The van der Waals surface area contributed by atoms with Crippen LogP contribution in [0.1, 0.15) is 26.3 Å². The third-order valence-corrected chi connectivity index (χ3v) is 4.56. The van der Waals surface area contributed by atoms with Gasteiger partial charge in [-0.25, -0.2) is 0 Å². The van der Waals surface area contributed by atoms with E-state index in [-0.39, 0.29) is 5.41 Å². The molecular formula is C18H19NS. The lowest BCUT2D eigenvalue weighted by molar-refractivity contribution is 0.590. The van der Waals surface area contributed by atoms with Crippen molar-refractivity contribution in [3.05, 3.63) is 60.3 Å². The van der Waals surface area contributed by atoms with E-state index >= 15 is 0 Å². The van der Waals surface area contributed by atoms with Gasteiger partial charge in [-0.2, -0.15) is 0 Å². The fourth-order valence-electron chi connectivity index (χ4n) is 2.28. The maximum atomic E-state index is 3.32. The molecule has 0 saturated heterocycles. The molecule has 0 aliphatic heterocycles. The second-order valence-corrected chi connectivity index (χ2v) is 7.19. The van der Waals surface area contributed by atoms with Gasteiger partial charge < -0.3 is 4.98 Å². The maximum absolute atomic E-state index is 3.32. The highest BCUT2D eigenvalue weighted by molar-refractivity contribution is 7.99. The van der Waals surface area contributed by atoms with E-state index in [0.29, 0.717) is 0 Å². The van der Waals surface area contributed by atoms with Gasteiger partial charge in [-0.15, -0.1) is 0 Å². The minimum atomic E-state index is 0.212. The topological polar surface area (TPSA) is 15.8 Å². The lowest BCUT2D eigenvalue weighted by Gasteiger charge is -2.19. The summed E-state index contributed by atoms with van der Waals surface area (Å²) in [4.78, 5) is 5.89. The van der Waals surface area contributed by atoms with E-state index in [1.165, 1.54) is 26.3 Å². The molecule has 2 heteroatoms. The normalized spacial score (nSPS) is 11.9. The van der Waals surface area contributed by atoms with Gasteiger partial charge in [0.05, 0.1) is 0 Å². The molecular weight excluding hydrogens is 262 g/mol. The standard InChI is InChI=1S/C18H19NS/c1-18(2,3)13-8-10-14(11-9-13)20-17-12-19-16-7-5-4-6-15(16)17/h4-12,19H,1-3H3. The number of fused-ring (bicyclic) bond motifs is 1. The maximum Gasteiger partial charge on any atom is 0.0465 e. The fourth-order valence-corrected chi connectivity index (χ4v) is 3.21. The van der Waals surface area contributed by atoms with E-state index in [0.717, 1.165) is 0 Å². The molecule has 0 aliphatic rings. The number of hydrogen-bond donors (Lipinski definition) is 1. The Bertz CT molecular complexity index is 717. The molecule has 3 aromatic rings. The summed E-state index contributed by atoms with van der Waals surface area (Å²) in [5.74, 6) is 0. The van der Waals surface area contributed by atoms with Crippen LogP contribution in [0, 0.1) is 0 Å². The summed E-state index contributed by atoms with van der Waals surface area (Å²) in [5.41, 5.74) is 2.78. The molecule has 0 spiro atoms. The van der Waals surface area contributed by atoms with Crippen LogP contribution in [0.3, 0.4) is 0 Å². The van der Waals surface area contributed by atoms with Gasteiger partial charge >= 0.3 is 0 Å². The predicted molar refractivity (Wildman–Crippen MR) is 87.6 cm³/mol. The van der Waals surface area contributed by atoms with Crippen LogP contribution in [0.5, 0.6) is 0 Å². The lowest BCUT2D eigenvalue weighted by atomic mass is 9.87. The molecule has 0 fully saturated rings. The van der Waals surface area contributed by atoms with Gasteiger partial charge in [0.1, 0.15) is 0 Å². The van der Waals surface area contributed by atoms with E-state index in [4.69, 9.17) is 0 Å². The van der Waals surface area contributed by atoms with Crippen molar-refractivity contribution in [3.8, 4) is 0 Å². The van der Waals surface area contributed by atoms with E-state index < -0.39 is 0 Å². The average molecular weight is 281 g/mol. The molecule has 102 valence electrons. The number of rotatable bonds is 2. The summed E-state index contributed by atoms with van der Waals surface area (Å²) >= 11 is 1.81. The summed E-state index contributed by atoms with van der Waals surface area (Å²) in [6.07, 6.45) is 2.09. The number of nitrogens with one attached hydrogen (secondary N) is 1. The number of aromatic amines is 1. The van der Waals surface area contributed by atoms with Crippen molar-refractivity contribution < 1.29 is 0 Å². The first-order chi connectivity index (χ1) is 9.54. The van der Waals surface area contributed by atoms with Crippen LogP contribution >= 0.6 is 11.8 Å².